The molecule has 0 amide bonds. The van der Waals surface area contributed by atoms with Crippen LogP contribution in [-0.2, 0) is 0 Å². The number of hydrogen-bond acceptors (Lipinski definition) is 3. The van der Waals surface area contributed by atoms with Gasteiger partial charge in [-0.15, -0.1) is 0 Å². The van der Waals surface area contributed by atoms with Crippen molar-refractivity contribution in [3.8, 4) is 17.0 Å². The Morgan fingerprint density at radius 1 is 1.33 bits per heavy atom. The van der Waals surface area contributed by atoms with E-state index in [0.717, 1.165) is 5.56 Å². The van der Waals surface area contributed by atoms with Crippen LogP contribution in [0.25, 0.3) is 11.3 Å². The van der Waals surface area contributed by atoms with Crippen molar-refractivity contribution in [3.05, 3.63) is 35.2 Å². The molecule has 0 unspecified atom stereocenters. The van der Waals surface area contributed by atoms with Crippen LogP contribution in [0.5, 0.6) is 5.75 Å². The number of pyridine rings is 1. The quantitative estimate of drug-likeness (QED) is 0.726. The van der Waals surface area contributed by atoms with Crippen LogP contribution in [0.2, 0.25) is 0 Å². The lowest BCUT2D eigenvalue weighted by atomic mass is 10.2. The summed E-state index contributed by atoms with van der Waals surface area (Å²) in [5.41, 5.74) is 1.62. The van der Waals surface area contributed by atoms with Crippen LogP contribution in [0.4, 0.5) is 0 Å². The molecule has 1 N–H and O–H groups in total. The van der Waals surface area contributed by atoms with Gasteiger partial charge in [0.25, 0.3) is 0 Å². The molecular weight excluding hydrogens is 170 g/mol. The molecule has 2 rings (SSSR count). The Bertz CT molecular complexity index is 370. The van der Waals surface area contributed by atoms with Gasteiger partial charge in [-0.2, -0.15) is 11.3 Å². The molecule has 0 aliphatic heterocycles. The van der Waals surface area contributed by atoms with E-state index in [4.69, 9.17) is 0 Å². The predicted octanol–water partition coefficient (Wildman–Crippen LogP) is 2.52. The summed E-state index contributed by atoms with van der Waals surface area (Å²) in [5.74, 6) is 0.232. The standard InChI is InChI=1S/C9H7NOS/c11-8-2-1-4-10-9(8)7-3-5-12-6-7/h1-6,11H. The van der Waals surface area contributed by atoms with Crippen LogP contribution in [0.1, 0.15) is 0 Å². The third-order valence-corrected chi connectivity index (χ3v) is 2.26. The molecule has 0 aromatic carbocycles. The van der Waals surface area contributed by atoms with E-state index in [1.54, 1.807) is 29.7 Å². The minimum Gasteiger partial charge on any atom is -0.506 e. The van der Waals surface area contributed by atoms with Crippen molar-refractivity contribution in [2.24, 2.45) is 0 Å². The third kappa shape index (κ3) is 1.19. The summed E-state index contributed by atoms with van der Waals surface area (Å²) >= 11 is 1.59. The molecule has 2 heterocycles. The zero-order chi connectivity index (χ0) is 8.39. The average Bonchev–Trinajstić information content (AvgIpc) is 2.57. The lowest BCUT2D eigenvalue weighted by Gasteiger charge is -1.98. The van der Waals surface area contributed by atoms with E-state index in [1.165, 1.54) is 0 Å². The van der Waals surface area contributed by atoms with Crippen LogP contribution in [0.3, 0.4) is 0 Å². The summed E-state index contributed by atoms with van der Waals surface area (Å²) in [6.45, 7) is 0. The van der Waals surface area contributed by atoms with E-state index in [9.17, 15) is 5.11 Å². The average molecular weight is 177 g/mol. The molecule has 0 fully saturated rings. The molecule has 2 aromatic rings. The first-order valence-corrected chi connectivity index (χ1v) is 4.49. The highest BCUT2D eigenvalue weighted by atomic mass is 32.1. The second kappa shape index (κ2) is 2.95. The molecular formula is C9H7NOS. The fourth-order valence-electron chi connectivity index (χ4n) is 1.02. The molecule has 3 heteroatoms. The summed E-state index contributed by atoms with van der Waals surface area (Å²) in [7, 11) is 0. The normalized spacial score (nSPS) is 10.0. The zero-order valence-corrected chi connectivity index (χ0v) is 7.08. The monoisotopic (exact) mass is 177 g/mol. The summed E-state index contributed by atoms with van der Waals surface area (Å²) in [5, 5.41) is 13.3. The predicted molar refractivity (Wildman–Crippen MR) is 49.2 cm³/mol. The van der Waals surface area contributed by atoms with Gasteiger partial charge in [-0.25, -0.2) is 0 Å². The SMILES string of the molecule is Oc1cccnc1-c1ccsc1. The number of hydrogen-bond donors (Lipinski definition) is 1. The minimum absolute atomic E-state index is 0.232. The summed E-state index contributed by atoms with van der Waals surface area (Å²) in [6, 6.07) is 5.29. The first kappa shape index (κ1) is 7.31. The van der Waals surface area contributed by atoms with Gasteiger partial charge >= 0.3 is 0 Å². The Morgan fingerprint density at radius 2 is 2.25 bits per heavy atom. The number of thiophene rings is 1. The van der Waals surface area contributed by atoms with E-state index in [2.05, 4.69) is 4.98 Å². The Kier molecular flexibility index (Phi) is 1.80. The second-order valence-corrected chi connectivity index (χ2v) is 3.16. The Balaban J connectivity index is 2.55. The highest BCUT2D eigenvalue weighted by Gasteiger charge is 2.03. The molecule has 2 nitrogen and oxygen atoms in total. The van der Waals surface area contributed by atoms with Gasteiger partial charge in [0.05, 0.1) is 0 Å². The fourth-order valence-corrected chi connectivity index (χ4v) is 1.66. The maximum Gasteiger partial charge on any atom is 0.141 e. The van der Waals surface area contributed by atoms with Gasteiger partial charge in [0.2, 0.25) is 0 Å². The van der Waals surface area contributed by atoms with E-state index in [1.807, 2.05) is 16.8 Å². The number of aromatic hydroxyl groups is 1. The molecule has 0 bridgehead atoms. The molecule has 0 radical (unpaired) electrons. The van der Waals surface area contributed by atoms with Crippen molar-refractivity contribution in [2.45, 2.75) is 0 Å². The summed E-state index contributed by atoms with van der Waals surface area (Å²) in [4.78, 5) is 4.08. The van der Waals surface area contributed by atoms with Crippen molar-refractivity contribution >= 4 is 11.3 Å². The van der Waals surface area contributed by atoms with Gasteiger partial charge in [-0.1, -0.05) is 0 Å². The first-order chi connectivity index (χ1) is 5.88. The fraction of sp³-hybridized carbons (Fsp3) is 0. The van der Waals surface area contributed by atoms with E-state index in [-0.39, 0.29) is 5.75 Å². The van der Waals surface area contributed by atoms with Crippen molar-refractivity contribution in [1.82, 2.24) is 4.98 Å². The number of aromatic nitrogens is 1. The van der Waals surface area contributed by atoms with Crippen LogP contribution in [0.15, 0.2) is 35.2 Å². The lowest BCUT2D eigenvalue weighted by Crippen LogP contribution is -1.79. The Hall–Kier alpha value is -1.35. The lowest BCUT2D eigenvalue weighted by molar-refractivity contribution is 0.475. The molecule has 0 aliphatic carbocycles. The zero-order valence-electron chi connectivity index (χ0n) is 6.27. The molecule has 12 heavy (non-hydrogen) atoms. The van der Waals surface area contributed by atoms with Gasteiger partial charge in [-0.3, -0.25) is 4.98 Å². The number of nitrogens with zero attached hydrogens (tertiary/aromatic N) is 1. The van der Waals surface area contributed by atoms with E-state index in [0.29, 0.717) is 5.69 Å². The first-order valence-electron chi connectivity index (χ1n) is 3.54. The maximum absolute atomic E-state index is 9.42. The molecule has 0 atom stereocenters. The summed E-state index contributed by atoms with van der Waals surface area (Å²) < 4.78 is 0. The molecule has 0 saturated heterocycles. The summed E-state index contributed by atoms with van der Waals surface area (Å²) in [6.07, 6.45) is 1.67. The topological polar surface area (TPSA) is 33.1 Å². The molecule has 0 saturated carbocycles. The van der Waals surface area contributed by atoms with Gasteiger partial charge in [0.1, 0.15) is 11.4 Å². The van der Waals surface area contributed by atoms with E-state index >= 15 is 0 Å². The molecule has 0 spiro atoms. The number of rotatable bonds is 1. The van der Waals surface area contributed by atoms with E-state index < -0.39 is 0 Å². The van der Waals surface area contributed by atoms with Crippen molar-refractivity contribution in [3.63, 3.8) is 0 Å². The van der Waals surface area contributed by atoms with Gasteiger partial charge in [0.15, 0.2) is 0 Å². The Labute approximate surface area is 74.1 Å². The van der Waals surface area contributed by atoms with Crippen LogP contribution < -0.4 is 0 Å². The highest BCUT2D eigenvalue weighted by molar-refractivity contribution is 7.08. The van der Waals surface area contributed by atoms with Crippen LogP contribution >= 0.6 is 11.3 Å². The molecule has 0 aliphatic rings. The minimum atomic E-state index is 0.232. The molecule has 2 aromatic heterocycles. The molecule has 60 valence electrons. The second-order valence-electron chi connectivity index (χ2n) is 2.38. The van der Waals surface area contributed by atoms with Crippen LogP contribution in [-0.4, -0.2) is 10.1 Å². The van der Waals surface area contributed by atoms with Crippen molar-refractivity contribution in [1.29, 1.82) is 0 Å². The maximum atomic E-state index is 9.42. The largest absolute Gasteiger partial charge is 0.506 e. The van der Waals surface area contributed by atoms with Crippen LogP contribution in [0, 0.1) is 0 Å². The van der Waals surface area contributed by atoms with Crippen molar-refractivity contribution in [2.75, 3.05) is 0 Å². The smallest absolute Gasteiger partial charge is 0.141 e. The Morgan fingerprint density at radius 3 is 2.92 bits per heavy atom. The van der Waals surface area contributed by atoms with Gasteiger partial charge < -0.3 is 5.11 Å². The van der Waals surface area contributed by atoms with Crippen molar-refractivity contribution < 1.29 is 5.11 Å². The van der Waals surface area contributed by atoms with Gasteiger partial charge in [0, 0.05) is 17.1 Å². The highest BCUT2D eigenvalue weighted by Crippen LogP contribution is 2.27. The third-order valence-electron chi connectivity index (χ3n) is 1.58. The van der Waals surface area contributed by atoms with Gasteiger partial charge in [-0.05, 0) is 23.6 Å².